The van der Waals surface area contributed by atoms with Crippen LogP contribution in [0.5, 0.6) is 5.75 Å². The van der Waals surface area contributed by atoms with E-state index < -0.39 is 0 Å². The molecular formula is C20H23Cl2N5O2. The van der Waals surface area contributed by atoms with Crippen LogP contribution in [0.2, 0.25) is 0 Å². The number of rotatable bonds is 4. The molecule has 1 unspecified atom stereocenters. The van der Waals surface area contributed by atoms with Crippen LogP contribution in [0.4, 0.5) is 0 Å². The molecule has 3 heterocycles. The number of ether oxygens (including phenoxy) is 1. The van der Waals surface area contributed by atoms with E-state index in [0.29, 0.717) is 18.8 Å². The summed E-state index contributed by atoms with van der Waals surface area (Å²) in [6.45, 7) is 2.02. The van der Waals surface area contributed by atoms with Crippen molar-refractivity contribution in [3.05, 3.63) is 72.3 Å². The molecule has 2 aromatic heterocycles. The highest BCUT2D eigenvalue weighted by atomic mass is 35.5. The van der Waals surface area contributed by atoms with Gasteiger partial charge in [-0.05, 0) is 24.3 Å². The molecule has 1 amide bonds. The van der Waals surface area contributed by atoms with Gasteiger partial charge in [0.1, 0.15) is 11.4 Å². The summed E-state index contributed by atoms with van der Waals surface area (Å²) in [4.78, 5) is 19.4. The van der Waals surface area contributed by atoms with E-state index in [9.17, 15) is 4.79 Å². The number of benzene rings is 1. The van der Waals surface area contributed by atoms with Gasteiger partial charge in [0.15, 0.2) is 0 Å². The van der Waals surface area contributed by atoms with Gasteiger partial charge in [-0.1, -0.05) is 18.2 Å². The molecule has 1 fully saturated rings. The van der Waals surface area contributed by atoms with Crippen LogP contribution in [-0.4, -0.2) is 52.3 Å². The Balaban J connectivity index is 0.00000150. The molecule has 154 valence electrons. The molecule has 4 rings (SSSR count). The van der Waals surface area contributed by atoms with Crippen LogP contribution in [0.25, 0.3) is 5.69 Å². The molecule has 1 aliphatic rings. The number of carbonyl (C=O) groups excluding carboxylic acids is 1. The molecule has 29 heavy (non-hydrogen) atoms. The lowest BCUT2D eigenvalue weighted by Gasteiger charge is -2.37. The van der Waals surface area contributed by atoms with E-state index in [1.807, 2.05) is 47.5 Å². The number of amides is 1. The third-order valence-electron chi connectivity index (χ3n) is 4.73. The van der Waals surface area contributed by atoms with Crippen molar-refractivity contribution >= 4 is 30.7 Å². The van der Waals surface area contributed by atoms with Gasteiger partial charge in [0.25, 0.3) is 5.91 Å². The van der Waals surface area contributed by atoms with Crippen LogP contribution in [0.15, 0.2) is 61.1 Å². The van der Waals surface area contributed by atoms with Crippen LogP contribution in [0.1, 0.15) is 22.1 Å². The summed E-state index contributed by atoms with van der Waals surface area (Å²) in [5.41, 5.74) is 2.20. The quantitative estimate of drug-likeness (QED) is 0.681. The number of nitrogens with zero attached hydrogens (tertiary/aromatic N) is 4. The first-order valence-electron chi connectivity index (χ1n) is 8.88. The lowest BCUT2D eigenvalue weighted by molar-refractivity contribution is 0.0625. The zero-order valence-corrected chi connectivity index (χ0v) is 17.5. The zero-order valence-electron chi connectivity index (χ0n) is 15.9. The van der Waals surface area contributed by atoms with Crippen LogP contribution in [0.3, 0.4) is 0 Å². The molecule has 0 spiro atoms. The van der Waals surface area contributed by atoms with E-state index in [4.69, 9.17) is 4.74 Å². The molecule has 1 N–H and O–H groups in total. The van der Waals surface area contributed by atoms with E-state index in [1.54, 1.807) is 30.3 Å². The van der Waals surface area contributed by atoms with E-state index in [2.05, 4.69) is 15.4 Å². The summed E-state index contributed by atoms with van der Waals surface area (Å²) in [5, 5.41) is 7.59. The summed E-state index contributed by atoms with van der Waals surface area (Å²) in [5.74, 6) is 0.684. The lowest BCUT2D eigenvalue weighted by Crippen LogP contribution is -2.49. The van der Waals surface area contributed by atoms with Crippen molar-refractivity contribution < 1.29 is 9.53 Å². The second kappa shape index (κ2) is 10.2. The molecule has 9 heteroatoms. The zero-order chi connectivity index (χ0) is 18.6. The standard InChI is InChI=1S/C20H21N5O2.2ClH/c1-27-19-6-3-2-5-16(19)18-14-21-10-12-24(18)20(26)17-13-15(7-9-22-17)25-11-4-8-23-25;;/h2-9,11,13,18,21H,10,12,14H2,1H3;2*1H. The summed E-state index contributed by atoms with van der Waals surface area (Å²) in [7, 11) is 1.65. The summed E-state index contributed by atoms with van der Waals surface area (Å²) in [6, 6.07) is 13.2. The van der Waals surface area contributed by atoms with Gasteiger partial charge in [0, 0.05) is 43.8 Å². The molecule has 1 saturated heterocycles. The Kier molecular flexibility index (Phi) is 8.01. The summed E-state index contributed by atoms with van der Waals surface area (Å²) < 4.78 is 7.22. The number of piperazine rings is 1. The number of carbonyl (C=O) groups is 1. The minimum atomic E-state index is -0.113. The number of halogens is 2. The Hall–Kier alpha value is -2.61. The maximum absolute atomic E-state index is 13.3. The van der Waals surface area contributed by atoms with Crippen molar-refractivity contribution in [2.24, 2.45) is 0 Å². The maximum atomic E-state index is 13.3. The molecule has 0 aliphatic carbocycles. The average molecular weight is 436 g/mol. The number of para-hydroxylation sites is 1. The number of hydrogen-bond acceptors (Lipinski definition) is 5. The van der Waals surface area contributed by atoms with Gasteiger partial charge in [-0.3, -0.25) is 9.78 Å². The van der Waals surface area contributed by atoms with Gasteiger partial charge >= 0.3 is 0 Å². The van der Waals surface area contributed by atoms with E-state index in [0.717, 1.165) is 23.5 Å². The van der Waals surface area contributed by atoms with Crippen molar-refractivity contribution in [1.29, 1.82) is 0 Å². The fourth-order valence-corrected chi connectivity index (χ4v) is 3.41. The first-order chi connectivity index (χ1) is 13.3. The number of hydrogen-bond donors (Lipinski definition) is 1. The first kappa shape index (κ1) is 22.7. The average Bonchev–Trinajstić information content (AvgIpc) is 3.28. The lowest BCUT2D eigenvalue weighted by atomic mass is 10.0. The van der Waals surface area contributed by atoms with Crippen molar-refractivity contribution in [1.82, 2.24) is 25.0 Å². The molecule has 0 saturated carbocycles. The number of nitrogens with one attached hydrogen (secondary N) is 1. The van der Waals surface area contributed by atoms with Crippen LogP contribution in [0, 0.1) is 0 Å². The van der Waals surface area contributed by atoms with Gasteiger partial charge in [-0.2, -0.15) is 5.10 Å². The predicted molar refractivity (Wildman–Crippen MR) is 115 cm³/mol. The third-order valence-corrected chi connectivity index (χ3v) is 4.73. The Morgan fingerprint density at radius 2 is 2.00 bits per heavy atom. The van der Waals surface area contributed by atoms with Gasteiger partial charge in [-0.25, -0.2) is 4.68 Å². The monoisotopic (exact) mass is 435 g/mol. The second-order valence-corrected chi connectivity index (χ2v) is 6.31. The fourth-order valence-electron chi connectivity index (χ4n) is 3.41. The fraction of sp³-hybridized carbons (Fsp3) is 0.250. The van der Waals surface area contributed by atoms with Crippen LogP contribution in [-0.2, 0) is 0 Å². The number of methoxy groups -OCH3 is 1. The Labute approximate surface area is 181 Å². The Bertz CT molecular complexity index is 936. The Morgan fingerprint density at radius 1 is 1.17 bits per heavy atom. The van der Waals surface area contributed by atoms with Crippen molar-refractivity contribution in [2.45, 2.75) is 6.04 Å². The summed E-state index contributed by atoms with van der Waals surface area (Å²) >= 11 is 0. The number of aromatic nitrogens is 3. The normalized spacial score (nSPS) is 15.8. The van der Waals surface area contributed by atoms with Crippen molar-refractivity contribution in [3.8, 4) is 11.4 Å². The molecule has 1 aromatic carbocycles. The first-order valence-corrected chi connectivity index (χ1v) is 8.88. The third kappa shape index (κ3) is 4.70. The second-order valence-electron chi connectivity index (χ2n) is 6.31. The number of pyridine rings is 1. The molecule has 3 aromatic rings. The van der Waals surface area contributed by atoms with Gasteiger partial charge in [0.2, 0.25) is 0 Å². The molecule has 0 bridgehead atoms. The van der Waals surface area contributed by atoms with Crippen molar-refractivity contribution in [3.63, 3.8) is 0 Å². The minimum absolute atomic E-state index is 0. The Morgan fingerprint density at radius 3 is 2.76 bits per heavy atom. The van der Waals surface area contributed by atoms with Crippen LogP contribution < -0.4 is 10.1 Å². The van der Waals surface area contributed by atoms with Crippen LogP contribution >= 0.6 is 24.8 Å². The van der Waals surface area contributed by atoms with Crippen molar-refractivity contribution in [2.75, 3.05) is 26.7 Å². The molecular weight excluding hydrogens is 413 g/mol. The molecule has 7 nitrogen and oxygen atoms in total. The largest absolute Gasteiger partial charge is 0.496 e. The molecule has 1 atom stereocenters. The smallest absolute Gasteiger partial charge is 0.273 e. The molecule has 1 aliphatic heterocycles. The van der Waals surface area contributed by atoms with Gasteiger partial charge < -0.3 is 15.0 Å². The highest BCUT2D eigenvalue weighted by Gasteiger charge is 2.31. The molecule has 0 radical (unpaired) electrons. The topological polar surface area (TPSA) is 72.3 Å². The van der Waals surface area contributed by atoms with Gasteiger partial charge in [0.05, 0.1) is 18.8 Å². The highest BCUT2D eigenvalue weighted by Crippen LogP contribution is 2.31. The van der Waals surface area contributed by atoms with Gasteiger partial charge in [-0.15, -0.1) is 24.8 Å². The van der Waals surface area contributed by atoms with E-state index in [-0.39, 0.29) is 36.8 Å². The highest BCUT2D eigenvalue weighted by molar-refractivity contribution is 5.93. The van der Waals surface area contributed by atoms with E-state index in [1.165, 1.54) is 0 Å². The maximum Gasteiger partial charge on any atom is 0.273 e. The summed E-state index contributed by atoms with van der Waals surface area (Å²) in [6.07, 6.45) is 5.19. The minimum Gasteiger partial charge on any atom is -0.496 e. The predicted octanol–water partition coefficient (Wildman–Crippen LogP) is 2.91. The van der Waals surface area contributed by atoms with E-state index >= 15 is 0 Å². The SMILES string of the molecule is COc1ccccc1C1CNCCN1C(=O)c1cc(-n2cccn2)ccn1.Cl.Cl.